The van der Waals surface area contributed by atoms with Crippen LogP contribution in [0.2, 0.25) is 0 Å². The molecule has 2 N–H and O–H groups in total. The third-order valence-electron chi connectivity index (χ3n) is 4.35. The number of nitrogens with zero attached hydrogens (tertiary/aromatic N) is 2. The number of para-hydroxylation sites is 1. The first-order chi connectivity index (χ1) is 15.0. The number of ether oxygens (including phenoxy) is 1. The molecule has 152 valence electrons. The van der Waals surface area contributed by atoms with Gasteiger partial charge in [-0.15, -0.1) is 5.75 Å². The molecule has 0 bridgehead atoms. The predicted molar refractivity (Wildman–Crippen MR) is 113 cm³/mol. The number of hydrogen-bond acceptors (Lipinski definition) is 4. The normalized spacial score (nSPS) is 10.0. The molecule has 0 unspecified atom stereocenters. The predicted octanol–water partition coefficient (Wildman–Crippen LogP) is 2.44. The van der Waals surface area contributed by atoms with Crippen molar-refractivity contribution in [3.63, 3.8) is 0 Å². The molecule has 1 heterocycles. The number of urea groups is 1. The zero-order valence-electron chi connectivity index (χ0n) is 16.9. The molecule has 1 aromatic heterocycles. The monoisotopic (exact) mass is 436 g/mol. The number of pyridine rings is 1. The van der Waals surface area contributed by atoms with Crippen molar-refractivity contribution in [2.45, 2.75) is 0 Å². The zero-order chi connectivity index (χ0) is 21.8. The third-order valence-corrected chi connectivity index (χ3v) is 4.35. The van der Waals surface area contributed by atoms with Gasteiger partial charge in [0.05, 0.1) is 17.8 Å². The molecule has 0 aliphatic heterocycles. The number of carbonyl (C=O) groups is 1. The molecule has 0 aliphatic carbocycles. The van der Waals surface area contributed by atoms with E-state index in [1.165, 1.54) is 30.5 Å². The van der Waals surface area contributed by atoms with Gasteiger partial charge in [0, 0.05) is 23.3 Å². The second-order valence-corrected chi connectivity index (χ2v) is 6.45. The Morgan fingerprint density at radius 2 is 1.84 bits per heavy atom. The number of amides is 2. The fourth-order valence-electron chi connectivity index (χ4n) is 2.91. The van der Waals surface area contributed by atoms with Crippen LogP contribution < -0.4 is 50.0 Å². The molecular weight excluding hydrogens is 422 g/mol. The number of rotatable bonds is 4. The molecule has 2 amide bonds. The summed E-state index contributed by atoms with van der Waals surface area (Å²) in [4.78, 5) is 19.4. The number of aromatic nitrogens is 1. The summed E-state index contributed by atoms with van der Waals surface area (Å²) in [5.41, 5.74) is 0.864. The fourth-order valence-corrected chi connectivity index (χ4v) is 2.91. The second kappa shape index (κ2) is 10.1. The van der Waals surface area contributed by atoms with Crippen LogP contribution >= 0.6 is 0 Å². The smallest absolute Gasteiger partial charge is 0.881 e. The number of hydrogen-bond donors (Lipinski definition) is 2. The Morgan fingerprint density at radius 3 is 2.56 bits per heavy atom. The molecule has 0 spiro atoms. The van der Waals surface area contributed by atoms with E-state index in [0.717, 1.165) is 6.07 Å². The Bertz CT molecular complexity index is 1330. The average molecular weight is 436 g/mol. The molecule has 0 saturated carbocycles. The van der Waals surface area contributed by atoms with Crippen molar-refractivity contribution in [3.05, 3.63) is 90.2 Å². The van der Waals surface area contributed by atoms with Gasteiger partial charge < -0.3 is 20.5 Å². The molecule has 0 fully saturated rings. The van der Waals surface area contributed by atoms with Crippen LogP contribution in [0.4, 0.5) is 26.2 Å². The van der Waals surface area contributed by atoms with E-state index >= 15 is 0 Å². The minimum absolute atomic E-state index is 0. The molecular formula is C23H14FN4NaO3. The van der Waals surface area contributed by atoms with Gasteiger partial charge in [-0.1, -0.05) is 24.3 Å². The summed E-state index contributed by atoms with van der Waals surface area (Å²) in [5.74, 6) is -0.628. The molecule has 0 aliphatic rings. The molecule has 4 aromatic rings. The zero-order valence-corrected chi connectivity index (χ0v) is 18.9. The Kier molecular flexibility index (Phi) is 7.28. The Balaban J connectivity index is 0.00000289. The molecule has 7 nitrogen and oxygen atoms in total. The minimum atomic E-state index is -0.692. The van der Waals surface area contributed by atoms with Crippen LogP contribution in [0.25, 0.3) is 15.7 Å². The van der Waals surface area contributed by atoms with Crippen LogP contribution in [0.5, 0.6) is 17.2 Å². The number of anilines is 2. The van der Waals surface area contributed by atoms with Gasteiger partial charge in [0.25, 0.3) is 0 Å². The van der Waals surface area contributed by atoms with Crippen molar-refractivity contribution in [3.8, 4) is 17.2 Å². The van der Waals surface area contributed by atoms with Crippen molar-refractivity contribution >= 4 is 34.0 Å². The van der Waals surface area contributed by atoms with E-state index in [2.05, 4.69) is 20.5 Å². The van der Waals surface area contributed by atoms with Crippen molar-refractivity contribution in [1.29, 1.82) is 0 Å². The average Bonchev–Trinajstić information content (AvgIpc) is 2.76. The maximum atomic E-state index is 14.5. The van der Waals surface area contributed by atoms with Crippen LogP contribution in [0.3, 0.4) is 0 Å². The SMILES string of the molecule is [C-]#[N+]c1cc2c(Oc3ccc(NC(=O)Nc4ccccc4)c(F)c3)ccnc2cc1[O-].[Na+]. The van der Waals surface area contributed by atoms with Crippen molar-refractivity contribution in [1.82, 2.24) is 4.98 Å². The topological polar surface area (TPSA) is 90.7 Å². The van der Waals surface area contributed by atoms with Gasteiger partial charge in [-0.25, -0.2) is 14.0 Å². The second-order valence-electron chi connectivity index (χ2n) is 6.45. The molecule has 3 aromatic carbocycles. The summed E-state index contributed by atoms with van der Waals surface area (Å²) in [7, 11) is 0. The first-order valence-electron chi connectivity index (χ1n) is 9.11. The number of nitrogens with one attached hydrogen (secondary N) is 2. The minimum Gasteiger partial charge on any atom is -0.881 e. The van der Waals surface area contributed by atoms with E-state index in [-0.39, 0.29) is 46.7 Å². The first-order valence-corrected chi connectivity index (χ1v) is 9.11. The van der Waals surface area contributed by atoms with Crippen LogP contribution in [0, 0.1) is 12.4 Å². The number of halogens is 1. The van der Waals surface area contributed by atoms with Crippen LogP contribution in [-0.4, -0.2) is 11.0 Å². The van der Waals surface area contributed by atoms with Crippen molar-refractivity contribution in [2.75, 3.05) is 10.6 Å². The molecule has 4 rings (SSSR count). The van der Waals surface area contributed by atoms with Gasteiger partial charge in [-0.3, -0.25) is 4.98 Å². The quantitative estimate of drug-likeness (QED) is 0.380. The van der Waals surface area contributed by atoms with E-state index < -0.39 is 17.6 Å². The summed E-state index contributed by atoms with van der Waals surface area (Å²) < 4.78 is 20.3. The number of benzene rings is 3. The van der Waals surface area contributed by atoms with E-state index in [1.807, 2.05) is 6.07 Å². The van der Waals surface area contributed by atoms with E-state index in [9.17, 15) is 14.3 Å². The molecule has 9 heteroatoms. The van der Waals surface area contributed by atoms with E-state index in [4.69, 9.17) is 11.3 Å². The maximum Gasteiger partial charge on any atom is 1.00 e. The summed E-state index contributed by atoms with van der Waals surface area (Å²) in [6.45, 7) is 7.10. The Hall–Kier alpha value is -3.64. The standard InChI is InChI=1S/C23H15FN4O3.Na/c1-25-20-12-16-19(13-21(20)29)26-10-9-22(16)31-15-7-8-18(17(24)11-15)28-23(30)27-14-5-3-2-4-6-14;/h2-13,29H,(H2,27,28,30);/q;+1/p-1. The maximum absolute atomic E-state index is 14.5. The Morgan fingerprint density at radius 1 is 1.06 bits per heavy atom. The third kappa shape index (κ3) is 5.15. The summed E-state index contributed by atoms with van der Waals surface area (Å²) in [6.07, 6.45) is 1.45. The molecule has 0 atom stereocenters. The van der Waals surface area contributed by atoms with Crippen LogP contribution in [-0.2, 0) is 0 Å². The first kappa shape index (κ1) is 23.0. The van der Waals surface area contributed by atoms with Gasteiger partial charge in [-0.2, -0.15) is 0 Å². The summed E-state index contributed by atoms with van der Waals surface area (Å²) >= 11 is 0. The Labute approximate surface area is 205 Å². The van der Waals surface area contributed by atoms with Gasteiger partial charge in [-0.05, 0) is 36.4 Å². The van der Waals surface area contributed by atoms with E-state index in [0.29, 0.717) is 22.3 Å². The van der Waals surface area contributed by atoms with Gasteiger partial charge in [0.1, 0.15) is 17.3 Å². The van der Waals surface area contributed by atoms with Crippen molar-refractivity contribution < 1.29 is 48.6 Å². The van der Waals surface area contributed by atoms with Gasteiger partial charge >= 0.3 is 35.6 Å². The number of carbonyl (C=O) groups excluding carboxylic acids is 1. The number of fused-ring (bicyclic) bond motifs is 1. The van der Waals surface area contributed by atoms with Crippen LogP contribution in [0.15, 0.2) is 72.9 Å². The molecule has 0 radical (unpaired) electrons. The fraction of sp³-hybridized carbons (Fsp3) is 0. The van der Waals surface area contributed by atoms with Gasteiger partial charge in [0.2, 0.25) is 0 Å². The van der Waals surface area contributed by atoms with E-state index in [1.54, 1.807) is 30.3 Å². The molecule has 32 heavy (non-hydrogen) atoms. The summed E-state index contributed by atoms with van der Waals surface area (Å²) in [5, 5.41) is 17.3. The molecule has 0 saturated heterocycles. The van der Waals surface area contributed by atoms with Crippen molar-refractivity contribution in [2.24, 2.45) is 0 Å². The largest absolute Gasteiger partial charge is 1.00 e. The van der Waals surface area contributed by atoms with Gasteiger partial charge in [0.15, 0.2) is 5.69 Å². The summed E-state index contributed by atoms with van der Waals surface area (Å²) in [6, 6.07) is 16.4. The van der Waals surface area contributed by atoms with Crippen LogP contribution in [0.1, 0.15) is 0 Å².